The summed E-state index contributed by atoms with van der Waals surface area (Å²) in [5.41, 5.74) is -1.35. The van der Waals surface area contributed by atoms with E-state index in [9.17, 15) is 22.8 Å². The summed E-state index contributed by atoms with van der Waals surface area (Å²) in [5, 5.41) is -0.133. The second kappa shape index (κ2) is 7.22. The highest BCUT2D eigenvalue weighted by Gasteiger charge is 2.41. The fraction of sp³-hybridized carbons (Fsp3) is 0.200. The van der Waals surface area contributed by atoms with Gasteiger partial charge in [-0.15, -0.1) is 0 Å². The molecule has 29 heavy (non-hydrogen) atoms. The van der Waals surface area contributed by atoms with E-state index in [4.69, 9.17) is 13.9 Å². The molecule has 4 rings (SSSR count). The Bertz CT molecular complexity index is 1160. The molecular formula is C20H12BrF3O5. The first-order valence-corrected chi connectivity index (χ1v) is 9.35. The molecule has 150 valence electrons. The highest BCUT2D eigenvalue weighted by Crippen LogP contribution is 2.40. The van der Waals surface area contributed by atoms with Crippen molar-refractivity contribution in [3.63, 3.8) is 0 Å². The number of carbonyl (C=O) groups is 1. The molecule has 5 nitrogen and oxygen atoms in total. The van der Waals surface area contributed by atoms with Crippen LogP contribution in [0.4, 0.5) is 13.2 Å². The molecule has 1 aliphatic rings. The van der Waals surface area contributed by atoms with Crippen molar-refractivity contribution in [3.05, 3.63) is 62.9 Å². The fourth-order valence-electron chi connectivity index (χ4n) is 2.66. The number of alkyl halides is 3. The van der Waals surface area contributed by atoms with E-state index in [-0.39, 0.29) is 28.4 Å². The molecule has 0 amide bonds. The van der Waals surface area contributed by atoms with E-state index in [0.717, 1.165) is 18.9 Å². The third-order valence-electron chi connectivity index (χ3n) is 4.26. The summed E-state index contributed by atoms with van der Waals surface area (Å²) < 4.78 is 56.5. The number of benzene rings is 2. The van der Waals surface area contributed by atoms with E-state index in [1.807, 2.05) is 0 Å². The normalized spacial score (nSPS) is 14.1. The second-order valence-corrected chi connectivity index (χ2v) is 7.33. The van der Waals surface area contributed by atoms with Crippen molar-refractivity contribution >= 4 is 32.9 Å². The van der Waals surface area contributed by atoms with Crippen LogP contribution >= 0.6 is 15.9 Å². The molecule has 1 aromatic heterocycles. The van der Waals surface area contributed by atoms with E-state index in [1.165, 1.54) is 18.2 Å². The minimum atomic E-state index is -4.98. The van der Waals surface area contributed by atoms with Crippen LogP contribution in [0, 0.1) is 5.92 Å². The molecule has 3 aromatic rings. The van der Waals surface area contributed by atoms with Gasteiger partial charge in [0, 0.05) is 6.07 Å². The molecule has 9 heteroatoms. The van der Waals surface area contributed by atoms with E-state index in [2.05, 4.69) is 15.9 Å². The number of halogens is 4. The predicted octanol–water partition coefficient (Wildman–Crippen LogP) is 5.68. The third kappa shape index (κ3) is 4.00. The van der Waals surface area contributed by atoms with Gasteiger partial charge in [0.05, 0.1) is 15.8 Å². The van der Waals surface area contributed by atoms with Crippen molar-refractivity contribution in [2.45, 2.75) is 19.0 Å². The van der Waals surface area contributed by atoms with Crippen LogP contribution in [0.15, 0.2) is 56.1 Å². The van der Waals surface area contributed by atoms with Crippen LogP contribution in [0.5, 0.6) is 17.2 Å². The van der Waals surface area contributed by atoms with Crippen LogP contribution in [-0.4, -0.2) is 5.97 Å². The Morgan fingerprint density at radius 3 is 2.52 bits per heavy atom. The molecule has 1 aliphatic carbocycles. The maximum Gasteiger partial charge on any atom is 0.453 e. The molecule has 0 saturated heterocycles. The van der Waals surface area contributed by atoms with Crippen LogP contribution in [0.1, 0.15) is 18.6 Å². The summed E-state index contributed by atoms with van der Waals surface area (Å²) in [4.78, 5) is 24.5. The van der Waals surface area contributed by atoms with Crippen LogP contribution in [0.25, 0.3) is 11.0 Å². The Labute approximate surface area is 170 Å². The maximum absolute atomic E-state index is 13.6. The van der Waals surface area contributed by atoms with Crippen molar-refractivity contribution in [3.8, 4) is 17.2 Å². The lowest BCUT2D eigenvalue weighted by molar-refractivity contribution is -0.154. The van der Waals surface area contributed by atoms with Gasteiger partial charge in [-0.3, -0.25) is 9.59 Å². The number of carbonyl (C=O) groups excluding carboxylic acids is 1. The first kappa shape index (κ1) is 19.5. The lowest BCUT2D eigenvalue weighted by Gasteiger charge is -2.14. The summed E-state index contributed by atoms with van der Waals surface area (Å²) in [5.74, 6) is -3.17. The van der Waals surface area contributed by atoms with Crippen molar-refractivity contribution in [2.75, 3.05) is 0 Å². The summed E-state index contributed by atoms with van der Waals surface area (Å²) in [7, 11) is 0. The van der Waals surface area contributed by atoms with Crippen LogP contribution in [-0.2, 0) is 11.0 Å². The molecule has 0 N–H and O–H groups in total. The smallest absolute Gasteiger partial charge is 0.448 e. The largest absolute Gasteiger partial charge is 0.453 e. The highest BCUT2D eigenvalue weighted by molar-refractivity contribution is 9.10. The van der Waals surface area contributed by atoms with Crippen LogP contribution in [0.3, 0.4) is 0 Å². The van der Waals surface area contributed by atoms with Gasteiger partial charge in [0.15, 0.2) is 0 Å². The Morgan fingerprint density at radius 1 is 1.14 bits per heavy atom. The Balaban J connectivity index is 1.82. The SMILES string of the molecule is O=C(Oc1ccc2c(=O)c(Oc3ccccc3Br)c(C(F)(F)F)oc2c1)C1CC1. The molecule has 1 heterocycles. The molecule has 1 fully saturated rings. The molecule has 0 atom stereocenters. The average Bonchev–Trinajstić information content (AvgIpc) is 3.50. The van der Waals surface area contributed by atoms with Crippen LogP contribution in [0.2, 0.25) is 0 Å². The van der Waals surface area contributed by atoms with Gasteiger partial charge in [-0.25, -0.2) is 0 Å². The fourth-order valence-corrected chi connectivity index (χ4v) is 3.02. The van der Waals surface area contributed by atoms with Gasteiger partial charge in [0.2, 0.25) is 11.2 Å². The Morgan fingerprint density at radius 2 is 1.86 bits per heavy atom. The van der Waals surface area contributed by atoms with Crippen LogP contribution < -0.4 is 14.9 Å². The first-order chi connectivity index (χ1) is 13.7. The molecule has 0 spiro atoms. The van der Waals surface area contributed by atoms with Gasteiger partial charge < -0.3 is 13.9 Å². The minimum absolute atomic E-state index is 0.00477. The molecule has 1 saturated carbocycles. The van der Waals surface area contributed by atoms with Gasteiger partial charge >= 0.3 is 12.1 Å². The van der Waals surface area contributed by atoms with Gasteiger partial charge in [-0.05, 0) is 53.0 Å². The topological polar surface area (TPSA) is 65.7 Å². The first-order valence-electron chi connectivity index (χ1n) is 8.56. The third-order valence-corrected chi connectivity index (χ3v) is 4.91. The van der Waals surface area contributed by atoms with Crippen molar-refractivity contribution in [1.29, 1.82) is 0 Å². The summed E-state index contributed by atoms with van der Waals surface area (Å²) in [6, 6.07) is 9.83. The lowest BCUT2D eigenvalue weighted by Crippen LogP contribution is -2.16. The molecule has 2 aromatic carbocycles. The number of hydrogen-bond acceptors (Lipinski definition) is 5. The quantitative estimate of drug-likeness (QED) is 0.363. The molecule has 0 radical (unpaired) electrons. The number of fused-ring (bicyclic) bond motifs is 1. The number of ether oxygens (including phenoxy) is 2. The zero-order valence-electron chi connectivity index (χ0n) is 14.6. The van der Waals surface area contributed by atoms with Gasteiger partial charge in [-0.1, -0.05) is 12.1 Å². The van der Waals surface area contributed by atoms with E-state index < -0.39 is 29.1 Å². The average molecular weight is 469 g/mol. The van der Waals surface area contributed by atoms with Gasteiger partial charge in [0.1, 0.15) is 17.1 Å². The number of rotatable bonds is 4. The van der Waals surface area contributed by atoms with E-state index in [0.29, 0.717) is 4.47 Å². The maximum atomic E-state index is 13.6. The van der Waals surface area contributed by atoms with E-state index >= 15 is 0 Å². The highest BCUT2D eigenvalue weighted by atomic mass is 79.9. The van der Waals surface area contributed by atoms with Gasteiger partial charge in [0.25, 0.3) is 5.76 Å². The molecule has 0 bridgehead atoms. The Hall–Kier alpha value is -2.81. The monoisotopic (exact) mass is 468 g/mol. The summed E-state index contributed by atoms with van der Waals surface area (Å²) in [6.07, 6.45) is -3.55. The number of para-hydroxylation sites is 1. The molecular weight excluding hydrogens is 457 g/mol. The lowest BCUT2D eigenvalue weighted by atomic mass is 10.2. The number of esters is 1. The van der Waals surface area contributed by atoms with Crippen molar-refractivity contribution < 1.29 is 31.9 Å². The van der Waals surface area contributed by atoms with Crippen molar-refractivity contribution in [2.24, 2.45) is 5.92 Å². The minimum Gasteiger partial charge on any atom is -0.448 e. The molecule has 0 unspecified atom stereocenters. The summed E-state index contributed by atoms with van der Waals surface area (Å²) in [6.45, 7) is 0. The Kier molecular flexibility index (Phi) is 4.85. The number of hydrogen-bond donors (Lipinski definition) is 0. The molecule has 0 aliphatic heterocycles. The van der Waals surface area contributed by atoms with E-state index in [1.54, 1.807) is 18.2 Å². The standard InChI is InChI=1S/C20H12BrF3O5/c21-13-3-1-2-4-14(13)28-17-16(25)12-8-7-11(27-19(26)10-5-6-10)9-15(12)29-18(17)20(22,23)24/h1-4,7-10H,5-6H2. The van der Waals surface area contributed by atoms with Gasteiger partial charge in [-0.2, -0.15) is 13.2 Å². The zero-order chi connectivity index (χ0) is 20.8. The summed E-state index contributed by atoms with van der Waals surface area (Å²) >= 11 is 3.16. The zero-order valence-corrected chi connectivity index (χ0v) is 16.2. The second-order valence-electron chi connectivity index (χ2n) is 6.47. The predicted molar refractivity (Wildman–Crippen MR) is 100 cm³/mol. The van der Waals surface area contributed by atoms with Crippen molar-refractivity contribution in [1.82, 2.24) is 0 Å².